The summed E-state index contributed by atoms with van der Waals surface area (Å²) >= 11 is 5.20. The molecule has 3 N–H and O–H groups in total. The summed E-state index contributed by atoms with van der Waals surface area (Å²) in [5.74, 6) is 0.429. The van der Waals surface area contributed by atoms with Crippen LogP contribution in [0.5, 0.6) is 11.5 Å². The van der Waals surface area contributed by atoms with Crippen molar-refractivity contribution < 1.29 is 9.84 Å². The Morgan fingerprint density at radius 3 is 2.74 bits per heavy atom. The minimum absolute atomic E-state index is 0.0359. The number of hydrogen-bond donors (Lipinski definition) is 3. The van der Waals surface area contributed by atoms with E-state index in [4.69, 9.17) is 17.0 Å². The number of aryl methyl sites for hydroxylation is 2. The van der Waals surface area contributed by atoms with E-state index in [2.05, 4.69) is 21.9 Å². The number of phenolic OH excluding ortho intramolecular Hbond substituents is 1. The van der Waals surface area contributed by atoms with Crippen LogP contribution in [0.1, 0.15) is 16.7 Å². The van der Waals surface area contributed by atoms with Crippen LogP contribution in [0.25, 0.3) is 0 Å². The van der Waals surface area contributed by atoms with E-state index in [-0.39, 0.29) is 5.75 Å². The van der Waals surface area contributed by atoms with Crippen molar-refractivity contribution in [3.05, 3.63) is 53.1 Å². The lowest BCUT2D eigenvalue weighted by atomic mass is 10.1. The van der Waals surface area contributed by atoms with E-state index in [1.54, 1.807) is 18.2 Å². The van der Waals surface area contributed by atoms with Gasteiger partial charge in [-0.25, -0.2) is 0 Å². The van der Waals surface area contributed by atoms with E-state index in [0.29, 0.717) is 16.4 Å². The smallest absolute Gasteiger partial charge is 0.191 e. The molecule has 2 aromatic rings. The summed E-state index contributed by atoms with van der Waals surface area (Å²) in [5, 5.41) is 17.4. The number of aromatic hydroxyl groups is 1. The zero-order chi connectivity index (χ0) is 16.8. The van der Waals surface area contributed by atoms with E-state index in [1.165, 1.54) is 18.9 Å². The van der Waals surface area contributed by atoms with E-state index in [9.17, 15) is 5.11 Å². The summed E-state index contributed by atoms with van der Waals surface area (Å²) < 4.78 is 5.04. The fourth-order valence-electron chi connectivity index (χ4n) is 2.07. The highest BCUT2D eigenvalue weighted by atomic mass is 32.1. The predicted molar refractivity (Wildman–Crippen MR) is 97.5 cm³/mol. The molecule has 0 heterocycles. The number of thiocarbonyl (C=S) groups is 1. The summed E-state index contributed by atoms with van der Waals surface area (Å²) in [6.07, 6.45) is 1.48. The Balaban J connectivity index is 1.99. The molecule has 0 radical (unpaired) electrons. The average molecular weight is 329 g/mol. The van der Waals surface area contributed by atoms with Crippen molar-refractivity contribution >= 4 is 29.2 Å². The predicted octanol–water partition coefficient (Wildman–Crippen LogP) is 3.34. The van der Waals surface area contributed by atoms with Crippen LogP contribution < -0.4 is 15.5 Å². The lowest BCUT2D eigenvalue weighted by Gasteiger charge is -2.10. The van der Waals surface area contributed by atoms with Gasteiger partial charge in [-0.05, 0) is 49.8 Å². The Hall–Kier alpha value is -2.60. The molecule has 6 heteroatoms. The first-order valence-electron chi connectivity index (χ1n) is 7.04. The molecule has 0 atom stereocenters. The number of nitrogens with one attached hydrogen (secondary N) is 2. The van der Waals surface area contributed by atoms with Crippen LogP contribution in [0.15, 0.2) is 41.5 Å². The van der Waals surface area contributed by atoms with Gasteiger partial charge in [-0.2, -0.15) is 5.10 Å². The Bertz CT molecular complexity index is 745. The number of anilines is 1. The molecule has 0 aliphatic rings. The third-order valence-corrected chi connectivity index (χ3v) is 3.44. The van der Waals surface area contributed by atoms with Gasteiger partial charge in [0, 0.05) is 11.3 Å². The maximum Gasteiger partial charge on any atom is 0.191 e. The monoisotopic (exact) mass is 329 g/mol. The summed E-state index contributed by atoms with van der Waals surface area (Å²) in [6, 6.07) is 11.2. The highest BCUT2D eigenvalue weighted by Gasteiger charge is 2.05. The number of ether oxygens (including phenoxy) is 1. The normalized spacial score (nSPS) is 10.6. The van der Waals surface area contributed by atoms with Gasteiger partial charge in [0.2, 0.25) is 0 Å². The van der Waals surface area contributed by atoms with Gasteiger partial charge in [-0.3, -0.25) is 5.43 Å². The van der Waals surface area contributed by atoms with Crippen molar-refractivity contribution in [3.8, 4) is 11.5 Å². The van der Waals surface area contributed by atoms with Gasteiger partial charge in [0.1, 0.15) is 0 Å². The molecule has 2 aromatic carbocycles. The number of methoxy groups -OCH3 is 1. The molecular formula is C17H19N3O2S. The highest BCUT2D eigenvalue weighted by molar-refractivity contribution is 7.80. The number of benzene rings is 2. The third kappa shape index (κ3) is 4.43. The molecule has 120 valence electrons. The van der Waals surface area contributed by atoms with Gasteiger partial charge in [0.05, 0.1) is 13.3 Å². The van der Waals surface area contributed by atoms with Crippen LogP contribution in [-0.4, -0.2) is 23.5 Å². The zero-order valence-electron chi connectivity index (χ0n) is 13.3. The standard InChI is InChI=1S/C17H19N3O2S/c1-11-7-8-14(12(2)9-11)19-17(23)20-18-10-13-5-4-6-15(22-3)16(13)21/h4-10,21H,1-3H3,(H2,19,20,23)/b18-10+. The second-order valence-electron chi connectivity index (χ2n) is 5.04. The van der Waals surface area contributed by atoms with Crippen LogP contribution in [0.4, 0.5) is 5.69 Å². The summed E-state index contributed by atoms with van der Waals surface area (Å²) in [6.45, 7) is 4.05. The molecule has 0 spiro atoms. The number of hydrogen-bond acceptors (Lipinski definition) is 4. The Morgan fingerprint density at radius 1 is 1.26 bits per heavy atom. The summed E-state index contributed by atoms with van der Waals surface area (Å²) in [4.78, 5) is 0. The summed E-state index contributed by atoms with van der Waals surface area (Å²) in [5.41, 5.74) is 6.47. The molecule has 0 aliphatic carbocycles. The number of nitrogens with zero attached hydrogens (tertiary/aromatic N) is 1. The molecule has 0 amide bonds. The molecule has 2 rings (SSSR count). The van der Waals surface area contributed by atoms with E-state index >= 15 is 0 Å². The SMILES string of the molecule is COc1cccc(/C=N/NC(=S)Nc2ccc(C)cc2C)c1O. The second kappa shape index (κ2) is 7.60. The number of hydrazone groups is 1. The van der Waals surface area contributed by atoms with Crippen LogP contribution in [0, 0.1) is 13.8 Å². The van der Waals surface area contributed by atoms with Gasteiger partial charge >= 0.3 is 0 Å². The van der Waals surface area contributed by atoms with E-state index in [0.717, 1.165) is 11.3 Å². The molecule has 0 saturated carbocycles. The molecule has 0 bridgehead atoms. The van der Waals surface area contributed by atoms with Crippen molar-refractivity contribution in [2.24, 2.45) is 5.10 Å². The Kier molecular flexibility index (Phi) is 5.54. The fraction of sp³-hybridized carbons (Fsp3) is 0.176. The average Bonchev–Trinajstić information content (AvgIpc) is 2.52. The van der Waals surface area contributed by atoms with Crippen molar-refractivity contribution in [2.75, 3.05) is 12.4 Å². The highest BCUT2D eigenvalue weighted by Crippen LogP contribution is 2.27. The minimum atomic E-state index is 0.0359. The molecule has 23 heavy (non-hydrogen) atoms. The largest absolute Gasteiger partial charge is 0.504 e. The van der Waals surface area contributed by atoms with Gasteiger partial charge in [-0.15, -0.1) is 0 Å². The van der Waals surface area contributed by atoms with Gasteiger partial charge in [0.25, 0.3) is 0 Å². The van der Waals surface area contributed by atoms with E-state index in [1.807, 2.05) is 26.0 Å². The number of rotatable bonds is 4. The Morgan fingerprint density at radius 2 is 2.04 bits per heavy atom. The molecular weight excluding hydrogens is 310 g/mol. The van der Waals surface area contributed by atoms with Gasteiger partial charge in [0.15, 0.2) is 16.6 Å². The lowest BCUT2D eigenvalue weighted by molar-refractivity contribution is 0.373. The van der Waals surface area contributed by atoms with Crippen LogP contribution >= 0.6 is 12.2 Å². The molecule has 0 aliphatic heterocycles. The maximum atomic E-state index is 9.96. The van der Waals surface area contributed by atoms with Crippen molar-refractivity contribution in [3.63, 3.8) is 0 Å². The molecule has 0 unspecified atom stereocenters. The van der Waals surface area contributed by atoms with Crippen molar-refractivity contribution in [2.45, 2.75) is 13.8 Å². The quantitative estimate of drug-likeness (QED) is 0.456. The third-order valence-electron chi connectivity index (χ3n) is 3.25. The first-order chi connectivity index (χ1) is 11.0. The van der Waals surface area contributed by atoms with Crippen molar-refractivity contribution in [1.82, 2.24) is 5.43 Å². The second-order valence-corrected chi connectivity index (χ2v) is 5.45. The molecule has 0 fully saturated rings. The lowest BCUT2D eigenvalue weighted by Crippen LogP contribution is -2.24. The van der Waals surface area contributed by atoms with E-state index < -0.39 is 0 Å². The van der Waals surface area contributed by atoms with Crippen LogP contribution in [-0.2, 0) is 0 Å². The first kappa shape index (κ1) is 16.8. The van der Waals surface area contributed by atoms with Crippen LogP contribution in [0.3, 0.4) is 0 Å². The molecule has 0 saturated heterocycles. The molecule has 0 aromatic heterocycles. The Labute approximate surface area is 141 Å². The first-order valence-corrected chi connectivity index (χ1v) is 7.45. The van der Waals surface area contributed by atoms with Gasteiger partial charge < -0.3 is 15.2 Å². The topological polar surface area (TPSA) is 65.9 Å². The number of phenols is 1. The zero-order valence-corrected chi connectivity index (χ0v) is 14.1. The fourth-order valence-corrected chi connectivity index (χ4v) is 2.24. The van der Waals surface area contributed by atoms with Crippen LogP contribution in [0.2, 0.25) is 0 Å². The van der Waals surface area contributed by atoms with Crippen molar-refractivity contribution in [1.29, 1.82) is 0 Å². The maximum absolute atomic E-state index is 9.96. The minimum Gasteiger partial charge on any atom is -0.504 e. The number of para-hydroxylation sites is 1. The molecule has 5 nitrogen and oxygen atoms in total. The summed E-state index contributed by atoms with van der Waals surface area (Å²) in [7, 11) is 1.50. The van der Waals surface area contributed by atoms with Gasteiger partial charge in [-0.1, -0.05) is 23.8 Å².